The molecule has 21 heavy (non-hydrogen) atoms. The molecule has 1 amide bonds. The minimum atomic E-state index is -0.539. The highest BCUT2D eigenvalue weighted by Gasteiger charge is 2.12. The smallest absolute Gasteiger partial charge is 0.269 e. The molecular formula is C14H10BrFN2O3. The van der Waals surface area contributed by atoms with E-state index in [1.54, 1.807) is 6.92 Å². The highest BCUT2D eigenvalue weighted by molar-refractivity contribution is 9.10. The largest absolute Gasteiger partial charge is 0.322 e. The van der Waals surface area contributed by atoms with E-state index in [4.69, 9.17) is 0 Å². The zero-order chi connectivity index (χ0) is 15.6. The number of hydrogen-bond donors (Lipinski definition) is 1. The van der Waals surface area contributed by atoms with Gasteiger partial charge in [0, 0.05) is 23.4 Å². The number of aryl methyl sites for hydroxylation is 1. The summed E-state index contributed by atoms with van der Waals surface area (Å²) >= 11 is 3.01. The molecule has 0 saturated carbocycles. The molecule has 7 heteroatoms. The van der Waals surface area contributed by atoms with Crippen LogP contribution in [0.15, 0.2) is 40.9 Å². The molecule has 0 saturated heterocycles. The molecule has 0 spiro atoms. The van der Waals surface area contributed by atoms with Crippen LogP contribution >= 0.6 is 15.9 Å². The number of rotatable bonds is 3. The Labute approximate surface area is 128 Å². The van der Waals surface area contributed by atoms with Crippen molar-refractivity contribution in [3.05, 3.63) is 67.9 Å². The van der Waals surface area contributed by atoms with E-state index in [2.05, 4.69) is 21.2 Å². The molecule has 2 aromatic carbocycles. The van der Waals surface area contributed by atoms with Gasteiger partial charge >= 0.3 is 0 Å². The van der Waals surface area contributed by atoms with Gasteiger partial charge in [-0.2, -0.15) is 0 Å². The molecule has 1 N–H and O–H groups in total. The number of non-ortho nitro benzene ring substituents is 1. The number of nitrogens with one attached hydrogen (secondary N) is 1. The molecule has 108 valence electrons. The lowest BCUT2D eigenvalue weighted by molar-refractivity contribution is -0.384. The Morgan fingerprint density at radius 3 is 2.57 bits per heavy atom. The number of anilines is 1. The molecule has 0 aliphatic carbocycles. The zero-order valence-electron chi connectivity index (χ0n) is 10.9. The Morgan fingerprint density at radius 2 is 2.00 bits per heavy atom. The van der Waals surface area contributed by atoms with E-state index in [0.717, 1.165) is 6.07 Å². The molecule has 0 fully saturated rings. The maximum Gasteiger partial charge on any atom is 0.269 e. The number of benzene rings is 2. The van der Waals surface area contributed by atoms with Crippen molar-refractivity contribution >= 4 is 33.2 Å². The Hall–Kier alpha value is -2.28. The van der Waals surface area contributed by atoms with E-state index in [9.17, 15) is 19.3 Å². The first-order valence-corrected chi connectivity index (χ1v) is 6.69. The van der Waals surface area contributed by atoms with Crippen LogP contribution in [0.3, 0.4) is 0 Å². The van der Waals surface area contributed by atoms with E-state index in [1.807, 2.05) is 0 Å². The lowest BCUT2D eigenvalue weighted by Gasteiger charge is -2.08. The second kappa shape index (κ2) is 6.01. The van der Waals surface area contributed by atoms with Crippen LogP contribution < -0.4 is 5.32 Å². The van der Waals surface area contributed by atoms with Gasteiger partial charge in [-0.15, -0.1) is 0 Å². The first-order chi connectivity index (χ1) is 9.88. The van der Waals surface area contributed by atoms with Gasteiger partial charge in [0.05, 0.1) is 9.40 Å². The van der Waals surface area contributed by atoms with E-state index in [1.165, 1.54) is 30.3 Å². The summed E-state index contributed by atoms with van der Waals surface area (Å²) in [4.78, 5) is 22.2. The molecule has 5 nitrogen and oxygen atoms in total. The van der Waals surface area contributed by atoms with E-state index in [-0.39, 0.29) is 15.7 Å². The van der Waals surface area contributed by atoms with Gasteiger partial charge < -0.3 is 5.32 Å². The van der Waals surface area contributed by atoms with Gasteiger partial charge in [0.15, 0.2) is 0 Å². The van der Waals surface area contributed by atoms with Crippen molar-refractivity contribution in [2.24, 2.45) is 0 Å². The van der Waals surface area contributed by atoms with Crippen LogP contribution in [-0.4, -0.2) is 10.8 Å². The SMILES string of the molecule is Cc1cc([N+](=O)[O-])ccc1NC(=O)c1ccc(Br)c(F)c1. The summed E-state index contributed by atoms with van der Waals surface area (Å²) in [5.41, 5.74) is 1.10. The lowest BCUT2D eigenvalue weighted by atomic mass is 10.1. The molecule has 0 aromatic heterocycles. The van der Waals surface area contributed by atoms with E-state index >= 15 is 0 Å². The van der Waals surface area contributed by atoms with Crippen molar-refractivity contribution in [2.45, 2.75) is 6.92 Å². The van der Waals surface area contributed by atoms with Crippen molar-refractivity contribution in [2.75, 3.05) is 5.32 Å². The van der Waals surface area contributed by atoms with Gasteiger partial charge in [-0.25, -0.2) is 4.39 Å². The summed E-state index contributed by atoms with van der Waals surface area (Å²) in [6, 6.07) is 8.12. The quantitative estimate of drug-likeness (QED) is 0.668. The highest BCUT2D eigenvalue weighted by atomic mass is 79.9. The standard InChI is InChI=1S/C14H10BrFN2O3/c1-8-6-10(18(20)21)3-5-13(8)17-14(19)9-2-4-11(15)12(16)7-9/h2-7H,1H3,(H,17,19). The Morgan fingerprint density at radius 1 is 1.29 bits per heavy atom. The van der Waals surface area contributed by atoms with Crippen LogP contribution in [0.2, 0.25) is 0 Å². The number of nitrogens with zero attached hydrogens (tertiary/aromatic N) is 1. The maximum absolute atomic E-state index is 13.4. The number of nitro benzene ring substituents is 1. The lowest BCUT2D eigenvalue weighted by Crippen LogP contribution is -2.13. The van der Waals surface area contributed by atoms with Crippen LogP contribution in [0.4, 0.5) is 15.8 Å². The van der Waals surface area contributed by atoms with Crippen molar-refractivity contribution in [1.29, 1.82) is 0 Å². The fourth-order valence-corrected chi connectivity index (χ4v) is 1.98. The molecule has 2 aromatic rings. The fourth-order valence-electron chi connectivity index (χ4n) is 1.73. The third-order valence-electron chi connectivity index (χ3n) is 2.85. The third kappa shape index (κ3) is 3.43. The number of hydrogen-bond acceptors (Lipinski definition) is 3. The Bertz CT molecular complexity index is 734. The predicted octanol–water partition coefficient (Wildman–Crippen LogP) is 4.06. The minimum absolute atomic E-state index is 0.0554. The zero-order valence-corrected chi connectivity index (χ0v) is 12.5. The van der Waals surface area contributed by atoms with E-state index in [0.29, 0.717) is 11.3 Å². The second-order valence-corrected chi connectivity index (χ2v) is 5.19. The van der Waals surface area contributed by atoms with Crippen LogP contribution in [0, 0.1) is 22.9 Å². The normalized spacial score (nSPS) is 10.2. The highest BCUT2D eigenvalue weighted by Crippen LogP contribution is 2.22. The molecule has 0 unspecified atom stereocenters. The third-order valence-corrected chi connectivity index (χ3v) is 3.49. The summed E-state index contributed by atoms with van der Waals surface area (Å²) in [6.07, 6.45) is 0. The van der Waals surface area contributed by atoms with Crippen molar-refractivity contribution in [1.82, 2.24) is 0 Å². The van der Waals surface area contributed by atoms with Crippen LogP contribution in [0.5, 0.6) is 0 Å². The molecule has 0 aliphatic heterocycles. The minimum Gasteiger partial charge on any atom is -0.322 e. The molecule has 0 heterocycles. The number of carbonyl (C=O) groups excluding carboxylic acids is 1. The summed E-state index contributed by atoms with van der Waals surface area (Å²) in [5, 5.41) is 13.2. The molecule has 2 rings (SSSR count). The predicted molar refractivity (Wildman–Crippen MR) is 79.9 cm³/mol. The topological polar surface area (TPSA) is 72.2 Å². The van der Waals surface area contributed by atoms with Crippen LogP contribution in [0.25, 0.3) is 0 Å². The molecule has 0 bridgehead atoms. The maximum atomic E-state index is 13.4. The number of amides is 1. The number of nitro groups is 1. The average Bonchev–Trinajstić information content (AvgIpc) is 2.43. The van der Waals surface area contributed by atoms with Gasteiger partial charge in [-0.05, 0) is 52.7 Å². The summed E-state index contributed by atoms with van der Waals surface area (Å²) < 4.78 is 13.7. The Kier molecular flexibility index (Phi) is 4.32. The summed E-state index contributed by atoms with van der Waals surface area (Å²) in [7, 11) is 0. The van der Waals surface area contributed by atoms with Gasteiger partial charge in [0.2, 0.25) is 0 Å². The van der Waals surface area contributed by atoms with Crippen molar-refractivity contribution in [3.8, 4) is 0 Å². The molecule has 0 aliphatic rings. The Balaban J connectivity index is 2.23. The molecular weight excluding hydrogens is 343 g/mol. The van der Waals surface area contributed by atoms with Crippen molar-refractivity contribution < 1.29 is 14.1 Å². The summed E-state index contributed by atoms with van der Waals surface area (Å²) in [5.74, 6) is -1.03. The van der Waals surface area contributed by atoms with Crippen LogP contribution in [-0.2, 0) is 0 Å². The van der Waals surface area contributed by atoms with Crippen molar-refractivity contribution in [3.63, 3.8) is 0 Å². The van der Waals surface area contributed by atoms with Gasteiger partial charge in [-0.1, -0.05) is 0 Å². The monoisotopic (exact) mass is 352 g/mol. The first kappa shape index (κ1) is 15.1. The second-order valence-electron chi connectivity index (χ2n) is 4.34. The number of halogens is 2. The van der Waals surface area contributed by atoms with Gasteiger partial charge in [-0.3, -0.25) is 14.9 Å². The fraction of sp³-hybridized carbons (Fsp3) is 0.0714. The van der Waals surface area contributed by atoms with Crippen LogP contribution in [0.1, 0.15) is 15.9 Å². The molecule has 0 radical (unpaired) electrons. The summed E-state index contributed by atoms with van der Waals surface area (Å²) in [6.45, 7) is 1.64. The van der Waals surface area contributed by atoms with Gasteiger partial charge in [0.1, 0.15) is 5.82 Å². The van der Waals surface area contributed by atoms with E-state index < -0.39 is 16.6 Å². The van der Waals surface area contributed by atoms with Gasteiger partial charge in [0.25, 0.3) is 11.6 Å². The number of carbonyl (C=O) groups is 1. The first-order valence-electron chi connectivity index (χ1n) is 5.90. The molecule has 0 atom stereocenters. The average molecular weight is 353 g/mol.